The van der Waals surface area contributed by atoms with E-state index in [9.17, 15) is 9.90 Å². The number of hydrogen-bond donors (Lipinski definition) is 2. The summed E-state index contributed by atoms with van der Waals surface area (Å²) < 4.78 is 19.5. The molecule has 0 radical (unpaired) electrons. The lowest BCUT2D eigenvalue weighted by atomic mass is 9.80. The van der Waals surface area contributed by atoms with Gasteiger partial charge in [-0.05, 0) is 59.5 Å². The number of anilines is 1. The summed E-state index contributed by atoms with van der Waals surface area (Å²) >= 11 is 0. The van der Waals surface area contributed by atoms with Crippen LogP contribution >= 0.6 is 0 Å². The van der Waals surface area contributed by atoms with Gasteiger partial charge in [-0.2, -0.15) is 0 Å². The Labute approximate surface area is 272 Å². The van der Waals surface area contributed by atoms with Crippen LogP contribution in [0.15, 0.2) is 122 Å². The molecule has 2 heterocycles. The molecule has 2 N–H and O–H groups in total. The predicted octanol–water partition coefficient (Wildman–Crippen LogP) is 5.86. The standard InChI is InChI=1S/C37H35N5O5/c1-45-31-17-13-28(14-18-31)37(27-11-7-4-8-12-27,29-15-19-32(46-2)20-16-29)47-22-21-30(43)23-42-25-40-33-34(38-24-39-35(33)42)41-36(44)26-9-5-3-6-10-26/h3-20,24-25,30,43H,21-23H2,1-2H3,(H,38,39,41,44)/t30-/m0/s1. The minimum Gasteiger partial charge on any atom is -0.497 e. The minimum absolute atomic E-state index is 0.215. The highest BCUT2D eigenvalue weighted by atomic mass is 16.5. The van der Waals surface area contributed by atoms with Gasteiger partial charge in [0, 0.05) is 5.56 Å². The number of aromatic nitrogens is 4. The van der Waals surface area contributed by atoms with E-state index in [1.54, 1.807) is 49.4 Å². The summed E-state index contributed by atoms with van der Waals surface area (Å²) in [7, 11) is 3.27. The lowest BCUT2D eigenvalue weighted by Gasteiger charge is -2.36. The molecule has 6 rings (SSSR count). The molecule has 0 saturated carbocycles. The van der Waals surface area contributed by atoms with Crippen LogP contribution in [0.3, 0.4) is 0 Å². The van der Waals surface area contributed by atoms with Crippen LogP contribution in [0.5, 0.6) is 11.5 Å². The van der Waals surface area contributed by atoms with Gasteiger partial charge in [-0.3, -0.25) is 4.79 Å². The van der Waals surface area contributed by atoms with E-state index in [-0.39, 0.29) is 19.1 Å². The summed E-state index contributed by atoms with van der Waals surface area (Å²) in [6.07, 6.45) is 2.49. The highest BCUT2D eigenvalue weighted by Gasteiger charge is 2.38. The Kier molecular flexibility index (Phi) is 9.51. The Morgan fingerprint density at radius 2 is 1.36 bits per heavy atom. The van der Waals surface area contributed by atoms with Gasteiger partial charge in [-0.15, -0.1) is 0 Å². The number of nitrogens with one attached hydrogen (secondary N) is 1. The van der Waals surface area contributed by atoms with Crippen molar-refractivity contribution in [2.75, 3.05) is 26.1 Å². The summed E-state index contributed by atoms with van der Waals surface area (Å²) in [6.45, 7) is 0.445. The Bertz CT molecular complexity index is 1870. The van der Waals surface area contributed by atoms with Crippen molar-refractivity contribution in [1.82, 2.24) is 19.5 Å². The van der Waals surface area contributed by atoms with Crippen molar-refractivity contribution in [3.63, 3.8) is 0 Å². The number of hydrogen-bond acceptors (Lipinski definition) is 8. The molecule has 10 heteroatoms. The first kappa shape index (κ1) is 31.4. The Hall–Kier alpha value is -5.58. The van der Waals surface area contributed by atoms with Gasteiger partial charge in [0.15, 0.2) is 17.0 Å². The number of carbonyl (C=O) groups excluding carboxylic acids is 1. The normalized spacial score (nSPS) is 12.1. The number of rotatable bonds is 13. The number of aliphatic hydroxyl groups is 1. The average molecular weight is 630 g/mol. The molecule has 2 aromatic heterocycles. The first-order valence-electron chi connectivity index (χ1n) is 15.2. The first-order valence-corrected chi connectivity index (χ1v) is 15.2. The molecule has 4 aromatic carbocycles. The van der Waals surface area contributed by atoms with Crippen molar-refractivity contribution >= 4 is 22.9 Å². The number of fused-ring (bicyclic) bond motifs is 1. The summed E-state index contributed by atoms with van der Waals surface area (Å²) in [5, 5.41) is 14.0. The Morgan fingerprint density at radius 1 is 0.787 bits per heavy atom. The fraction of sp³-hybridized carbons (Fsp3) is 0.189. The van der Waals surface area contributed by atoms with Crippen LogP contribution in [0.1, 0.15) is 33.5 Å². The summed E-state index contributed by atoms with van der Waals surface area (Å²) in [5.74, 6) is 1.47. The molecule has 47 heavy (non-hydrogen) atoms. The first-order chi connectivity index (χ1) is 23.0. The van der Waals surface area contributed by atoms with Crippen LogP contribution in [-0.2, 0) is 16.9 Å². The van der Waals surface area contributed by atoms with Crippen molar-refractivity contribution in [2.45, 2.75) is 24.7 Å². The monoisotopic (exact) mass is 629 g/mol. The van der Waals surface area contributed by atoms with Gasteiger partial charge in [0.25, 0.3) is 5.91 Å². The molecule has 0 unspecified atom stereocenters. The van der Waals surface area contributed by atoms with Crippen LogP contribution in [-0.4, -0.2) is 57.5 Å². The van der Waals surface area contributed by atoms with Gasteiger partial charge in [0.2, 0.25) is 0 Å². The zero-order chi connectivity index (χ0) is 32.6. The second-order valence-corrected chi connectivity index (χ2v) is 10.9. The maximum Gasteiger partial charge on any atom is 0.256 e. The third-order valence-electron chi connectivity index (χ3n) is 8.02. The zero-order valence-electron chi connectivity index (χ0n) is 26.1. The molecule has 0 aliphatic carbocycles. The third-order valence-corrected chi connectivity index (χ3v) is 8.02. The maximum absolute atomic E-state index is 12.7. The highest BCUT2D eigenvalue weighted by molar-refractivity contribution is 6.06. The Morgan fingerprint density at radius 3 is 1.96 bits per heavy atom. The van der Waals surface area contributed by atoms with Gasteiger partial charge in [0.05, 0.1) is 39.8 Å². The number of amides is 1. The smallest absolute Gasteiger partial charge is 0.256 e. The molecule has 0 bridgehead atoms. The topological polar surface area (TPSA) is 121 Å². The molecule has 1 amide bonds. The van der Waals surface area contributed by atoms with E-state index in [0.717, 1.165) is 28.2 Å². The summed E-state index contributed by atoms with van der Waals surface area (Å²) in [5.41, 5.74) is 3.20. The number of imidazole rings is 1. The lowest BCUT2D eigenvalue weighted by molar-refractivity contribution is -0.00736. The second-order valence-electron chi connectivity index (χ2n) is 10.9. The SMILES string of the molecule is COc1ccc(C(OCC[C@H](O)Cn2cnc3c(NC(=O)c4ccccc4)ncnc32)(c2ccccc2)c2ccc(OC)cc2)cc1. The molecular formula is C37H35N5O5. The molecule has 0 aliphatic rings. The quantitative estimate of drug-likeness (QED) is 0.153. The van der Waals surface area contributed by atoms with Gasteiger partial charge in [-0.25, -0.2) is 15.0 Å². The van der Waals surface area contributed by atoms with Crippen molar-refractivity contribution in [1.29, 1.82) is 0 Å². The fourth-order valence-corrected chi connectivity index (χ4v) is 5.62. The van der Waals surface area contributed by atoms with E-state index in [1.807, 2.05) is 84.9 Å². The molecule has 0 spiro atoms. The van der Waals surface area contributed by atoms with E-state index in [2.05, 4.69) is 20.3 Å². The molecule has 0 aliphatic heterocycles. The molecule has 1 atom stereocenters. The zero-order valence-corrected chi connectivity index (χ0v) is 26.1. The highest BCUT2D eigenvalue weighted by Crippen LogP contribution is 2.41. The van der Waals surface area contributed by atoms with Gasteiger partial charge < -0.3 is 29.2 Å². The van der Waals surface area contributed by atoms with Crippen LogP contribution < -0.4 is 14.8 Å². The predicted molar refractivity (Wildman–Crippen MR) is 179 cm³/mol. The number of methoxy groups -OCH3 is 2. The van der Waals surface area contributed by atoms with Crippen LogP contribution in [0.25, 0.3) is 11.2 Å². The van der Waals surface area contributed by atoms with Crippen molar-refractivity contribution in [2.24, 2.45) is 0 Å². The molecule has 10 nitrogen and oxygen atoms in total. The molecule has 0 saturated heterocycles. The molecule has 0 fully saturated rings. The van der Waals surface area contributed by atoms with Gasteiger partial charge >= 0.3 is 0 Å². The van der Waals surface area contributed by atoms with Crippen LogP contribution in [0.2, 0.25) is 0 Å². The van der Waals surface area contributed by atoms with E-state index in [1.165, 1.54) is 6.33 Å². The minimum atomic E-state index is -0.986. The van der Waals surface area contributed by atoms with Crippen molar-refractivity contribution in [3.8, 4) is 11.5 Å². The van der Waals surface area contributed by atoms with Gasteiger partial charge in [0.1, 0.15) is 23.4 Å². The third kappa shape index (κ3) is 6.69. The second kappa shape index (κ2) is 14.2. The number of ether oxygens (including phenoxy) is 3. The molecule has 238 valence electrons. The molecular weight excluding hydrogens is 594 g/mol. The van der Waals surface area contributed by atoms with Crippen molar-refractivity contribution < 1.29 is 24.1 Å². The Balaban J connectivity index is 1.23. The number of carbonyl (C=O) groups is 1. The van der Waals surface area contributed by atoms with Crippen LogP contribution in [0, 0.1) is 0 Å². The van der Waals surface area contributed by atoms with E-state index >= 15 is 0 Å². The largest absolute Gasteiger partial charge is 0.497 e. The maximum atomic E-state index is 12.7. The van der Waals surface area contributed by atoms with Crippen molar-refractivity contribution in [3.05, 3.63) is 144 Å². The number of aliphatic hydroxyl groups excluding tert-OH is 1. The van der Waals surface area contributed by atoms with Gasteiger partial charge in [-0.1, -0.05) is 72.8 Å². The van der Waals surface area contributed by atoms with E-state index < -0.39 is 11.7 Å². The number of nitrogens with zero attached hydrogens (tertiary/aromatic N) is 4. The number of benzene rings is 4. The summed E-state index contributed by atoms with van der Waals surface area (Å²) in [4.78, 5) is 25.8. The van der Waals surface area contributed by atoms with Crippen LogP contribution in [0.4, 0.5) is 5.82 Å². The van der Waals surface area contributed by atoms with E-state index in [4.69, 9.17) is 14.2 Å². The fourth-order valence-electron chi connectivity index (χ4n) is 5.62. The van der Waals surface area contributed by atoms with E-state index in [0.29, 0.717) is 29.0 Å². The lowest BCUT2D eigenvalue weighted by Crippen LogP contribution is -2.34. The molecule has 6 aromatic rings. The summed E-state index contributed by atoms with van der Waals surface area (Å²) in [6, 6.07) is 34.5. The average Bonchev–Trinajstić information content (AvgIpc) is 3.54.